The molecule has 4 heteroatoms. The molecule has 0 spiro atoms. The summed E-state index contributed by atoms with van der Waals surface area (Å²) in [6.45, 7) is 0. The molecular formula is C16H25ClN2O. The van der Waals surface area contributed by atoms with Crippen LogP contribution in [0.4, 0.5) is 0 Å². The first kappa shape index (κ1) is 17.0. The van der Waals surface area contributed by atoms with Crippen molar-refractivity contribution in [1.29, 1.82) is 0 Å². The van der Waals surface area contributed by atoms with Gasteiger partial charge in [0.15, 0.2) is 0 Å². The third-order valence-corrected chi connectivity index (χ3v) is 3.85. The van der Waals surface area contributed by atoms with Gasteiger partial charge in [0.05, 0.1) is 0 Å². The minimum atomic E-state index is 0. The molecule has 0 bridgehead atoms. The van der Waals surface area contributed by atoms with Crippen molar-refractivity contribution in [3.05, 3.63) is 35.9 Å². The summed E-state index contributed by atoms with van der Waals surface area (Å²) in [6.07, 6.45) is 6.66. The van der Waals surface area contributed by atoms with E-state index in [0.29, 0.717) is 18.5 Å². The maximum absolute atomic E-state index is 11.8. The van der Waals surface area contributed by atoms with Gasteiger partial charge >= 0.3 is 0 Å². The number of hydrogen-bond acceptors (Lipinski definition) is 2. The molecule has 1 amide bonds. The largest absolute Gasteiger partial charge is 0.353 e. The number of aryl methyl sites for hydroxylation is 1. The van der Waals surface area contributed by atoms with Crippen molar-refractivity contribution in [2.24, 2.45) is 5.73 Å². The van der Waals surface area contributed by atoms with Gasteiger partial charge in [-0.15, -0.1) is 12.4 Å². The van der Waals surface area contributed by atoms with Gasteiger partial charge in [0.2, 0.25) is 5.91 Å². The number of carbonyl (C=O) groups excluding carboxylic acids is 1. The van der Waals surface area contributed by atoms with Crippen LogP contribution in [0.25, 0.3) is 0 Å². The summed E-state index contributed by atoms with van der Waals surface area (Å²) in [5.41, 5.74) is 7.16. The molecule has 3 nitrogen and oxygen atoms in total. The van der Waals surface area contributed by atoms with Crippen LogP contribution in [0.2, 0.25) is 0 Å². The fourth-order valence-electron chi connectivity index (χ4n) is 2.66. The highest BCUT2D eigenvalue weighted by Gasteiger charge is 2.19. The van der Waals surface area contributed by atoms with Crippen LogP contribution < -0.4 is 11.1 Å². The van der Waals surface area contributed by atoms with Crippen LogP contribution in [0.3, 0.4) is 0 Å². The lowest BCUT2D eigenvalue weighted by Gasteiger charge is -2.26. The van der Waals surface area contributed by atoms with Crippen LogP contribution in [0.5, 0.6) is 0 Å². The predicted octanol–water partition coefficient (Wildman–Crippen LogP) is 2.82. The first-order chi connectivity index (χ1) is 9.24. The van der Waals surface area contributed by atoms with E-state index in [4.69, 9.17) is 5.73 Å². The molecule has 0 aliphatic heterocycles. The van der Waals surface area contributed by atoms with Gasteiger partial charge in [-0.05, 0) is 44.1 Å². The Morgan fingerprint density at radius 1 is 1.15 bits per heavy atom. The van der Waals surface area contributed by atoms with E-state index in [9.17, 15) is 4.79 Å². The van der Waals surface area contributed by atoms with E-state index < -0.39 is 0 Å². The highest BCUT2D eigenvalue weighted by atomic mass is 35.5. The molecule has 0 unspecified atom stereocenters. The number of nitrogens with one attached hydrogen (secondary N) is 1. The highest BCUT2D eigenvalue weighted by molar-refractivity contribution is 5.85. The van der Waals surface area contributed by atoms with E-state index in [1.807, 2.05) is 18.2 Å². The van der Waals surface area contributed by atoms with Gasteiger partial charge in [-0.1, -0.05) is 30.3 Å². The molecule has 1 fully saturated rings. The normalized spacial score (nSPS) is 21.9. The Kier molecular flexibility index (Phi) is 7.63. The summed E-state index contributed by atoms with van der Waals surface area (Å²) in [7, 11) is 0. The quantitative estimate of drug-likeness (QED) is 0.878. The number of benzene rings is 1. The molecule has 20 heavy (non-hydrogen) atoms. The number of carbonyl (C=O) groups is 1. The van der Waals surface area contributed by atoms with Crippen LogP contribution >= 0.6 is 12.4 Å². The second-order valence-corrected chi connectivity index (χ2v) is 5.52. The minimum Gasteiger partial charge on any atom is -0.353 e. The molecule has 1 aliphatic carbocycles. The number of rotatable bonds is 5. The lowest BCUT2D eigenvalue weighted by atomic mass is 9.92. The Hall–Kier alpha value is -1.06. The molecule has 1 aromatic rings. The van der Waals surface area contributed by atoms with Gasteiger partial charge in [-0.25, -0.2) is 0 Å². The minimum absolute atomic E-state index is 0. The second kappa shape index (κ2) is 8.98. The van der Waals surface area contributed by atoms with Crippen molar-refractivity contribution >= 4 is 18.3 Å². The third kappa shape index (κ3) is 5.93. The molecule has 1 saturated carbocycles. The Labute approximate surface area is 127 Å². The predicted molar refractivity (Wildman–Crippen MR) is 85.0 cm³/mol. The topological polar surface area (TPSA) is 55.1 Å². The Balaban J connectivity index is 0.00000200. The van der Waals surface area contributed by atoms with E-state index in [1.165, 1.54) is 5.56 Å². The summed E-state index contributed by atoms with van der Waals surface area (Å²) in [4.78, 5) is 11.8. The maximum Gasteiger partial charge on any atom is 0.220 e. The first-order valence-corrected chi connectivity index (χ1v) is 7.33. The molecule has 3 N–H and O–H groups in total. The van der Waals surface area contributed by atoms with Gasteiger partial charge in [-0.3, -0.25) is 4.79 Å². The van der Waals surface area contributed by atoms with Gasteiger partial charge < -0.3 is 11.1 Å². The zero-order valence-electron chi connectivity index (χ0n) is 11.9. The van der Waals surface area contributed by atoms with Gasteiger partial charge in [-0.2, -0.15) is 0 Å². The molecule has 112 valence electrons. The summed E-state index contributed by atoms with van der Waals surface area (Å²) in [6, 6.07) is 11.0. The standard InChI is InChI=1S/C16H24N2O.ClH/c17-14-9-11-15(12-10-14)18-16(19)8-4-7-13-5-2-1-3-6-13;/h1-3,5-6,14-15H,4,7-12,17H2,(H,18,19);1H. The maximum atomic E-state index is 11.8. The fourth-order valence-corrected chi connectivity index (χ4v) is 2.66. The average Bonchev–Trinajstić information content (AvgIpc) is 2.43. The van der Waals surface area contributed by atoms with Crippen LogP contribution in [0, 0.1) is 0 Å². The van der Waals surface area contributed by atoms with Crippen molar-refractivity contribution < 1.29 is 4.79 Å². The third-order valence-electron chi connectivity index (χ3n) is 3.85. The van der Waals surface area contributed by atoms with Crippen molar-refractivity contribution in [2.45, 2.75) is 57.0 Å². The molecule has 0 radical (unpaired) electrons. The van der Waals surface area contributed by atoms with Crippen LogP contribution in [-0.2, 0) is 11.2 Å². The molecule has 0 aromatic heterocycles. The van der Waals surface area contributed by atoms with E-state index in [-0.39, 0.29) is 18.3 Å². The average molecular weight is 297 g/mol. The molecule has 0 atom stereocenters. The fraction of sp³-hybridized carbons (Fsp3) is 0.562. The molecule has 0 heterocycles. The SMILES string of the molecule is Cl.NC1CCC(NC(=O)CCCc2ccccc2)CC1. The number of nitrogens with two attached hydrogens (primary N) is 1. The Bertz CT molecular complexity index is 389. The summed E-state index contributed by atoms with van der Waals surface area (Å²) < 4.78 is 0. The highest BCUT2D eigenvalue weighted by Crippen LogP contribution is 2.17. The smallest absolute Gasteiger partial charge is 0.220 e. The number of amides is 1. The Morgan fingerprint density at radius 2 is 1.80 bits per heavy atom. The zero-order valence-corrected chi connectivity index (χ0v) is 12.7. The second-order valence-electron chi connectivity index (χ2n) is 5.52. The summed E-state index contributed by atoms with van der Waals surface area (Å²) in [5, 5.41) is 3.13. The van der Waals surface area contributed by atoms with E-state index in [1.54, 1.807) is 0 Å². The van der Waals surface area contributed by atoms with Crippen molar-refractivity contribution in [1.82, 2.24) is 5.32 Å². The molecular weight excluding hydrogens is 272 g/mol. The summed E-state index contributed by atoms with van der Waals surface area (Å²) in [5.74, 6) is 0.191. The lowest BCUT2D eigenvalue weighted by Crippen LogP contribution is -2.40. The number of halogens is 1. The Morgan fingerprint density at radius 3 is 2.45 bits per heavy atom. The van der Waals surface area contributed by atoms with E-state index in [2.05, 4.69) is 17.4 Å². The number of hydrogen-bond donors (Lipinski definition) is 2. The van der Waals surface area contributed by atoms with Crippen molar-refractivity contribution in [3.63, 3.8) is 0 Å². The van der Waals surface area contributed by atoms with Crippen LogP contribution in [0.1, 0.15) is 44.1 Å². The van der Waals surface area contributed by atoms with Gasteiger partial charge in [0, 0.05) is 18.5 Å². The zero-order chi connectivity index (χ0) is 13.5. The summed E-state index contributed by atoms with van der Waals surface area (Å²) >= 11 is 0. The van der Waals surface area contributed by atoms with Gasteiger partial charge in [0.25, 0.3) is 0 Å². The first-order valence-electron chi connectivity index (χ1n) is 7.33. The van der Waals surface area contributed by atoms with Crippen LogP contribution in [-0.4, -0.2) is 18.0 Å². The van der Waals surface area contributed by atoms with Gasteiger partial charge in [0.1, 0.15) is 0 Å². The van der Waals surface area contributed by atoms with E-state index >= 15 is 0 Å². The molecule has 0 saturated heterocycles. The van der Waals surface area contributed by atoms with Crippen molar-refractivity contribution in [2.75, 3.05) is 0 Å². The molecule has 1 aliphatic rings. The monoisotopic (exact) mass is 296 g/mol. The molecule has 1 aromatic carbocycles. The van der Waals surface area contributed by atoms with Crippen LogP contribution in [0.15, 0.2) is 30.3 Å². The van der Waals surface area contributed by atoms with E-state index in [0.717, 1.165) is 38.5 Å². The van der Waals surface area contributed by atoms with Crippen molar-refractivity contribution in [3.8, 4) is 0 Å². The molecule has 2 rings (SSSR count). The lowest BCUT2D eigenvalue weighted by molar-refractivity contribution is -0.122.